The average molecular weight is 292 g/mol. The molecule has 7 heteroatoms. The second kappa shape index (κ2) is 5.62. The molecule has 1 unspecified atom stereocenters. The van der Waals surface area contributed by atoms with Gasteiger partial charge in [0.15, 0.2) is 5.11 Å². The fourth-order valence-electron chi connectivity index (χ4n) is 1.99. The van der Waals surface area contributed by atoms with Crippen molar-refractivity contribution in [3.8, 4) is 0 Å². The highest BCUT2D eigenvalue weighted by Crippen LogP contribution is 2.17. The molecule has 20 heavy (non-hydrogen) atoms. The van der Waals surface area contributed by atoms with Gasteiger partial charge in [0.1, 0.15) is 0 Å². The molecule has 0 bridgehead atoms. The summed E-state index contributed by atoms with van der Waals surface area (Å²) in [5.41, 5.74) is 4.23. The zero-order valence-corrected chi connectivity index (χ0v) is 13.2. The fourth-order valence-corrected chi connectivity index (χ4v) is 2.28. The van der Waals surface area contributed by atoms with Gasteiger partial charge in [0.25, 0.3) is 0 Å². The minimum absolute atomic E-state index is 0.0978. The molecule has 2 aromatic heterocycles. The van der Waals surface area contributed by atoms with Gasteiger partial charge < -0.3 is 10.6 Å². The number of hydrogen-bond donors (Lipinski definition) is 2. The van der Waals surface area contributed by atoms with Gasteiger partial charge in [-0.2, -0.15) is 10.2 Å². The Hall–Kier alpha value is -1.89. The van der Waals surface area contributed by atoms with Gasteiger partial charge >= 0.3 is 0 Å². The summed E-state index contributed by atoms with van der Waals surface area (Å²) in [5, 5.41) is 15.4. The largest absolute Gasteiger partial charge is 0.356 e. The number of nitrogens with one attached hydrogen (secondary N) is 2. The first kappa shape index (κ1) is 14.5. The number of rotatable bonds is 3. The SMILES string of the molecule is Cc1c(NC(=S)NC(C)c2cnn(C)c2C)cnn1C. The predicted molar refractivity (Wildman–Crippen MR) is 83.7 cm³/mol. The van der Waals surface area contributed by atoms with Gasteiger partial charge in [-0.25, -0.2) is 0 Å². The Kier molecular flexibility index (Phi) is 4.08. The maximum Gasteiger partial charge on any atom is 0.171 e. The highest BCUT2D eigenvalue weighted by molar-refractivity contribution is 7.80. The molecular weight excluding hydrogens is 272 g/mol. The van der Waals surface area contributed by atoms with Crippen LogP contribution in [0.25, 0.3) is 0 Å². The van der Waals surface area contributed by atoms with Crippen molar-refractivity contribution in [2.45, 2.75) is 26.8 Å². The van der Waals surface area contributed by atoms with Crippen LogP contribution in [0.2, 0.25) is 0 Å². The zero-order chi connectivity index (χ0) is 14.9. The van der Waals surface area contributed by atoms with Crippen molar-refractivity contribution in [1.82, 2.24) is 24.9 Å². The zero-order valence-electron chi connectivity index (χ0n) is 12.4. The number of aryl methyl sites for hydroxylation is 2. The summed E-state index contributed by atoms with van der Waals surface area (Å²) in [6, 6.07) is 0.0978. The molecule has 0 spiro atoms. The molecule has 0 fully saturated rings. The van der Waals surface area contributed by atoms with Crippen LogP contribution in [-0.2, 0) is 14.1 Å². The summed E-state index contributed by atoms with van der Waals surface area (Å²) in [6.07, 6.45) is 3.63. The van der Waals surface area contributed by atoms with Crippen LogP contribution in [0.5, 0.6) is 0 Å². The lowest BCUT2D eigenvalue weighted by Gasteiger charge is -2.16. The molecular formula is C13H20N6S. The molecule has 0 radical (unpaired) electrons. The van der Waals surface area contributed by atoms with E-state index in [1.54, 1.807) is 10.9 Å². The van der Waals surface area contributed by atoms with Crippen LogP contribution in [0.1, 0.15) is 29.9 Å². The minimum Gasteiger partial charge on any atom is -0.356 e. The van der Waals surface area contributed by atoms with Crippen LogP contribution in [0.15, 0.2) is 12.4 Å². The highest BCUT2D eigenvalue weighted by Gasteiger charge is 2.13. The van der Waals surface area contributed by atoms with Crippen LogP contribution >= 0.6 is 12.2 Å². The molecule has 6 nitrogen and oxygen atoms in total. The smallest absolute Gasteiger partial charge is 0.171 e. The van der Waals surface area contributed by atoms with E-state index in [0.717, 1.165) is 22.6 Å². The molecule has 2 aromatic rings. The lowest BCUT2D eigenvalue weighted by Crippen LogP contribution is -2.31. The van der Waals surface area contributed by atoms with E-state index in [-0.39, 0.29) is 6.04 Å². The topological polar surface area (TPSA) is 59.7 Å². The first-order valence-corrected chi connectivity index (χ1v) is 6.85. The number of hydrogen-bond acceptors (Lipinski definition) is 3. The van der Waals surface area contributed by atoms with E-state index in [2.05, 4.69) is 27.8 Å². The molecule has 2 heterocycles. The van der Waals surface area contributed by atoms with Gasteiger partial charge in [0.05, 0.1) is 29.8 Å². The lowest BCUT2D eigenvalue weighted by atomic mass is 10.1. The van der Waals surface area contributed by atoms with Crippen LogP contribution in [0.3, 0.4) is 0 Å². The Morgan fingerprint density at radius 3 is 2.25 bits per heavy atom. The quantitative estimate of drug-likeness (QED) is 0.845. The molecule has 0 saturated carbocycles. The number of thiocarbonyl (C=S) groups is 1. The average Bonchev–Trinajstić information content (AvgIpc) is 2.87. The third-order valence-corrected chi connectivity index (χ3v) is 3.79. The van der Waals surface area contributed by atoms with Gasteiger partial charge in [-0.3, -0.25) is 9.36 Å². The van der Waals surface area contributed by atoms with Crippen molar-refractivity contribution in [2.75, 3.05) is 5.32 Å². The van der Waals surface area contributed by atoms with Crippen molar-refractivity contribution in [2.24, 2.45) is 14.1 Å². The van der Waals surface area contributed by atoms with E-state index in [1.165, 1.54) is 0 Å². The lowest BCUT2D eigenvalue weighted by molar-refractivity contribution is 0.701. The third kappa shape index (κ3) is 2.82. The third-order valence-electron chi connectivity index (χ3n) is 3.57. The minimum atomic E-state index is 0.0978. The second-order valence-corrected chi connectivity index (χ2v) is 5.30. The first-order chi connectivity index (χ1) is 9.40. The molecule has 0 aliphatic carbocycles. The van der Waals surface area contributed by atoms with Gasteiger partial charge in [0, 0.05) is 25.4 Å². The van der Waals surface area contributed by atoms with Crippen LogP contribution in [0.4, 0.5) is 5.69 Å². The maximum absolute atomic E-state index is 5.34. The monoisotopic (exact) mass is 292 g/mol. The van der Waals surface area contributed by atoms with Crippen molar-refractivity contribution in [3.63, 3.8) is 0 Å². The van der Waals surface area contributed by atoms with E-state index in [9.17, 15) is 0 Å². The molecule has 2 rings (SSSR count). The molecule has 0 aliphatic heterocycles. The van der Waals surface area contributed by atoms with Gasteiger partial charge in [-0.15, -0.1) is 0 Å². The second-order valence-electron chi connectivity index (χ2n) is 4.90. The predicted octanol–water partition coefficient (Wildman–Crippen LogP) is 1.82. The van der Waals surface area contributed by atoms with E-state index in [1.807, 2.05) is 38.8 Å². The summed E-state index contributed by atoms with van der Waals surface area (Å²) in [4.78, 5) is 0. The summed E-state index contributed by atoms with van der Waals surface area (Å²) in [7, 11) is 3.83. The molecule has 0 saturated heterocycles. The number of anilines is 1. The molecule has 0 aromatic carbocycles. The fraction of sp³-hybridized carbons (Fsp3) is 0.462. The van der Waals surface area contributed by atoms with Crippen molar-refractivity contribution in [3.05, 3.63) is 29.3 Å². The van der Waals surface area contributed by atoms with E-state index in [0.29, 0.717) is 5.11 Å². The number of aromatic nitrogens is 4. The summed E-state index contributed by atoms with van der Waals surface area (Å²) in [6.45, 7) is 6.10. The van der Waals surface area contributed by atoms with Crippen LogP contribution in [0, 0.1) is 13.8 Å². The van der Waals surface area contributed by atoms with Crippen molar-refractivity contribution < 1.29 is 0 Å². The van der Waals surface area contributed by atoms with Crippen LogP contribution < -0.4 is 10.6 Å². The normalized spacial score (nSPS) is 12.2. The number of nitrogens with zero attached hydrogens (tertiary/aromatic N) is 4. The summed E-state index contributed by atoms with van der Waals surface area (Å²) < 4.78 is 3.66. The maximum atomic E-state index is 5.34. The molecule has 108 valence electrons. The highest BCUT2D eigenvalue weighted by atomic mass is 32.1. The molecule has 0 aliphatic rings. The van der Waals surface area contributed by atoms with Crippen molar-refractivity contribution in [1.29, 1.82) is 0 Å². The molecule has 2 N–H and O–H groups in total. The standard InChI is InChI=1S/C13H20N6S/c1-8(11-6-14-18(4)9(11)2)16-13(20)17-12-7-15-19(5)10(12)3/h6-8H,1-5H3,(H2,16,17,20). The van der Waals surface area contributed by atoms with E-state index >= 15 is 0 Å². The van der Waals surface area contributed by atoms with E-state index in [4.69, 9.17) is 12.2 Å². The van der Waals surface area contributed by atoms with Gasteiger partial charge in [-0.1, -0.05) is 0 Å². The van der Waals surface area contributed by atoms with Gasteiger partial charge in [-0.05, 0) is 33.0 Å². The Morgan fingerprint density at radius 1 is 1.15 bits per heavy atom. The molecule has 0 amide bonds. The Balaban J connectivity index is 2.01. The van der Waals surface area contributed by atoms with Crippen molar-refractivity contribution >= 4 is 23.0 Å². The van der Waals surface area contributed by atoms with Crippen LogP contribution in [-0.4, -0.2) is 24.7 Å². The Morgan fingerprint density at radius 2 is 1.75 bits per heavy atom. The van der Waals surface area contributed by atoms with Gasteiger partial charge in [0.2, 0.25) is 0 Å². The molecule has 1 atom stereocenters. The first-order valence-electron chi connectivity index (χ1n) is 6.44. The van der Waals surface area contributed by atoms with E-state index < -0.39 is 0 Å². The Labute approximate surface area is 124 Å². The Bertz CT molecular complexity index is 627. The summed E-state index contributed by atoms with van der Waals surface area (Å²) in [5.74, 6) is 0. The summed E-state index contributed by atoms with van der Waals surface area (Å²) >= 11 is 5.34.